The summed E-state index contributed by atoms with van der Waals surface area (Å²) in [5.41, 5.74) is 0. The van der Waals surface area contributed by atoms with Gasteiger partial charge in [-0.15, -0.1) is 0 Å². The number of hydrogen-bond acceptors (Lipinski definition) is 3. The van der Waals surface area contributed by atoms with Gasteiger partial charge in [-0.3, -0.25) is 10.1 Å². The first kappa shape index (κ1) is 11.8. The minimum Gasteiger partial charge on any atom is -0.264 e. The molecule has 2 unspecified atom stereocenters. The molecular formula is C8H17NO2S. The van der Waals surface area contributed by atoms with Crippen molar-refractivity contribution in [2.75, 3.05) is 0 Å². The van der Waals surface area contributed by atoms with Crippen LogP contribution >= 0.6 is 12.6 Å². The Hall–Kier alpha value is -0.250. The lowest BCUT2D eigenvalue weighted by molar-refractivity contribution is -0.518. The van der Waals surface area contributed by atoms with Gasteiger partial charge in [-0.2, -0.15) is 12.6 Å². The fraction of sp³-hybridized carbons (Fsp3) is 1.00. The lowest BCUT2D eigenvalue weighted by Crippen LogP contribution is -2.19. The van der Waals surface area contributed by atoms with Crippen LogP contribution in [0.2, 0.25) is 0 Å². The Morgan fingerprint density at radius 3 is 2.58 bits per heavy atom. The second-order valence-electron chi connectivity index (χ2n) is 3.17. The molecule has 0 saturated carbocycles. The highest BCUT2D eigenvalue weighted by molar-refractivity contribution is 7.80. The van der Waals surface area contributed by atoms with Crippen molar-refractivity contribution in [3.05, 3.63) is 10.1 Å². The largest absolute Gasteiger partial charge is 0.264 e. The molecule has 0 saturated heterocycles. The summed E-state index contributed by atoms with van der Waals surface area (Å²) < 4.78 is 0. The van der Waals surface area contributed by atoms with Crippen molar-refractivity contribution in [2.45, 2.75) is 50.8 Å². The highest BCUT2D eigenvalue weighted by Crippen LogP contribution is 2.14. The molecule has 4 heteroatoms. The molecule has 3 nitrogen and oxygen atoms in total. The van der Waals surface area contributed by atoms with Gasteiger partial charge in [0.15, 0.2) is 0 Å². The van der Waals surface area contributed by atoms with Crippen LogP contribution in [0.5, 0.6) is 0 Å². The molecule has 0 bridgehead atoms. The van der Waals surface area contributed by atoms with Crippen molar-refractivity contribution in [3.63, 3.8) is 0 Å². The Bertz CT molecular complexity index is 141. The third-order valence-corrected chi connectivity index (χ3v) is 2.33. The van der Waals surface area contributed by atoms with Crippen LogP contribution < -0.4 is 0 Å². The van der Waals surface area contributed by atoms with Gasteiger partial charge in [0.1, 0.15) is 0 Å². The van der Waals surface area contributed by atoms with Gasteiger partial charge >= 0.3 is 0 Å². The molecule has 0 amide bonds. The van der Waals surface area contributed by atoms with Crippen LogP contribution in [0, 0.1) is 10.1 Å². The highest BCUT2D eigenvalue weighted by atomic mass is 32.1. The molecule has 0 spiro atoms. The molecule has 72 valence electrons. The Morgan fingerprint density at radius 1 is 1.58 bits per heavy atom. The van der Waals surface area contributed by atoms with Crippen LogP contribution in [0.15, 0.2) is 0 Å². The fourth-order valence-electron chi connectivity index (χ4n) is 1.04. The number of thiol groups is 1. The minimum atomic E-state index is -0.454. The molecular weight excluding hydrogens is 174 g/mol. The Balaban J connectivity index is 3.53. The van der Waals surface area contributed by atoms with Crippen LogP contribution in [-0.2, 0) is 0 Å². The monoisotopic (exact) mass is 191 g/mol. The predicted octanol–water partition coefficient (Wildman–Crippen LogP) is 2.53. The maximum atomic E-state index is 10.3. The van der Waals surface area contributed by atoms with Gasteiger partial charge in [0.25, 0.3) is 0 Å². The van der Waals surface area contributed by atoms with E-state index in [4.69, 9.17) is 0 Å². The lowest BCUT2D eigenvalue weighted by atomic mass is 10.1. The summed E-state index contributed by atoms with van der Waals surface area (Å²) in [7, 11) is 0. The second-order valence-corrected chi connectivity index (χ2v) is 3.90. The normalized spacial score (nSPS) is 15.6. The maximum Gasteiger partial charge on any atom is 0.211 e. The summed E-state index contributed by atoms with van der Waals surface area (Å²) in [6, 6.07) is -0.454. The smallest absolute Gasteiger partial charge is 0.211 e. The number of nitro groups is 1. The lowest BCUT2D eigenvalue weighted by Gasteiger charge is -2.10. The average Bonchev–Trinajstić information content (AvgIpc) is 2.00. The van der Waals surface area contributed by atoms with Gasteiger partial charge in [-0.25, -0.2) is 0 Å². The maximum absolute atomic E-state index is 10.3. The van der Waals surface area contributed by atoms with Crippen LogP contribution in [0.25, 0.3) is 0 Å². The van der Waals surface area contributed by atoms with E-state index in [1.165, 1.54) is 0 Å². The summed E-state index contributed by atoms with van der Waals surface area (Å²) in [5, 5.41) is 10.5. The van der Waals surface area contributed by atoms with Crippen molar-refractivity contribution in [1.29, 1.82) is 0 Å². The van der Waals surface area contributed by atoms with Crippen molar-refractivity contribution in [2.24, 2.45) is 0 Å². The van der Waals surface area contributed by atoms with E-state index in [0.717, 1.165) is 19.3 Å². The minimum absolute atomic E-state index is 0.186. The molecule has 0 aromatic carbocycles. The molecule has 0 N–H and O–H groups in total. The van der Waals surface area contributed by atoms with Gasteiger partial charge in [0, 0.05) is 23.5 Å². The molecule has 0 heterocycles. The molecule has 0 radical (unpaired) electrons. The SMILES string of the molecule is CCCCC(S)CC(C)[N+](=O)[O-]. The van der Waals surface area contributed by atoms with E-state index in [2.05, 4.69) is 19.6 Å². The van der Waals surface area contributed by atoms with E-state index in [1.807, 2.05) is 0 Å². The first-order valence-corrected chi connectivity index (χ1v) is 4.91. The van der Waals surface area contributed by atoms with E-state index < -0.39 is 6.04 Å². The van der Waals surface area contributed by atoms with Crippen molar-refractivity contribution >= 4 is 12.6 Å². The summed E-state index contributed by atoms with van der Waals surface area (Å²) >= 11 is 4.29. The first-order valence-electron chi connectivity index (χ1n) is 4.39. The molecule has 0 aliphatic carbocycles. The molecule has 0 aliphatic rings. The van der Waals surface area contributed by atoms with E-state index in [1.54, 1.807) is 6.92 Å². The van der Waals surface area contributed by atoms with Crippen LogP contribution in [0.4, 0.5) is 0 Å². The van der Waals surface area contributed by atoms with Gasteiger partial charge in [0.2, 0.25) is 6.04 Å². The predicted molar refractivity (Wildman–Crippen MR) is 53.4 cm³/mol. The summed E-state index contributed by atoms with van der Waals surface area (Å²) in [4.78, 5) is 10.0. The Morgan fingerprint density at radius 2 is 2.17 bits per heavy atom. The van der Waals surface area contributed by atoms with Gasteiger partial charge in [-0.05, 0) is 6.42 Å². The van der Waals surface area contributed by atoms with E-state index in [-0.39, 0.29) is 10.2 Å². The first-order chi connectivity index (χ1) is 5.57. The second kappa shape index (κ2) is 6.29. The quantitative estimate of drug-likeness (QED) is 0.398. The van der Waals surface area contributed by atoms with Crippen LogP contribution in [0.3, 0.4) is 0 Å². The number of hydrogen-bond donors (Lipinski definition) is 1. The van der Waals surface area contributed by atoms with E-state index in [0.29, 0.717) is 6.42 Å². The molecule has 0 aliphatic heterocycles. The molecule has 12 heavy (non-hydrogen) atoms. The third kappa shape index (κ3) is 5.41. The zero-order valence-electron chi connectivity index (χ0n) is 7.69. The summed E-state index contributed by atoms with van der Waals surface area (Å²) in [6.07, 6.45) is 3.80. The Kier molecular flexibility index (Phi) is 6.16. The van der Waals surface area contributed by atoms with Gasteiger partial charge in [0.05, 0.1) is 0 Å². The zero-order chi connectivity index (χ0) is 9.56. The summed E-state index contributed by atoms with van der Waals surface area (Å²) in [5.74, 6) is 0. The summed E-state index contributed by atoms with van der Waals surface area (Å²) in [6.45, 7) is 3.74. The van der Waals surface area contributed by atoms with Crippen LogP contribution in [0.1, 0.15) is 39.5 Å². The number of rotatable bonds is 6. The molecule has 0 rings (SSSR count). The van der Waals surface area contributed by atoms with Gasteiger partial charge < -0.3 is 0 Å². The fourth-order valence-corrected chi connectivity index (χ4v) is 1.53. The highest BCUT2D eigenvalue weighted by Gasteiger charge is 2.16. The number of nitrogens with zero attached hydrogens (tertiary/aromatic N) is 1. The van der Waals surface area contributed by atoms with Gasteiger partial charge in [-0.1, -0.05) is 19.8 Å². The topological polar surface area (TPSA) is 43.1 Å². The van der Waals surface area contributed by atoms with E-state index >= 15 is 0 Å². The van der Waals surface area contributed by atoms with E-state index in [9.17, 15) is 10.1 Å². The number of unbranched alkanes of at least 4 members (excludes halogenated alkanes) is 1. The van der Waals surface area contributed by atoms with Crippen molar-refractivity contribution in [1.82, 2.24) is 0 Å². The Labute approximate surface area is 79.1 Å². The molecule has 2 atom stereocenters. The van der Waals surface area contributed by atoms with Crippen molar-refractivity contribution in [3.8, 4) is 0 Å². The standard InChI is InChI=1S/C8H17NO2S/c1-3-4-5-8(12)6-7(2)9(10)11/h7-8,12H,3-6H2,1-2H3. The third-order valence-electron chi connectivity index (χ3n) is 1.86. The molecule has 0 aromatic rings. The molecule has 0 aromatic heterocycles. The molecule has 0 fully saturated rings. The van der Waals surface area contributed by atoms with Crippen LogP contribution in [-0.4, -0.2) is 16.2 Å². The zero-order valence-corrected chi connectivity index (χ0v) is 8.59. The average molecular weight is 191 g/mol. The van der Waals surface area contributed by atoms with Crippen molar-refractivity contribution < 1.29 is 4.92 Å².